The lowest BCUT2D eigenvalue weighted by atomic mass is 10.1. The van der Waals surface area contributed by atoms with Crippen LogP contribution in [0.25, 0.3) is 33.5 Å². The summed E-state index contributed by atoms with van der Waals surface area (Å²) >= 11 is 0. The second kappa shape index (κ2) is 7.34. The SMILES string of the molecule is CN(CCCS(=O)(=O)O)c1ccc2cc(-c3nc4ccccc4o3)c(=O)oc2c1. The zero-order valence-electron chi connectivity index (χ0n) is 15.5. The Labute approximate surface area is 166 Å². The van der Waals surface area contributed by atoms with Crippen LogP contribution in [0.15, 0.2) is 62.2 Å². The van der Waals surface area contributed by atoms with Crippen LogP contribution in [0.5, 0.6) is 0 Å². The molecule has 9 heteroatoms. The third-order valence-corrected chi connectivity index (χ3v) is 5.39. The van der Waals surface area contributed by atoms with Gasteiger partial charge in [0, 0.05) is 30.7 Å². The van der Waals surface area contributed by atoms with E-state index >= 15 is 0 Å². The van der Waals surface area contributed by atoms with Gasteiger partial charge in [-0.05, 0) is 36.8 Å². The highest BCUT2D eigenvalue weighted by Crippen LogP contribution is 2.26. The van der Waals surface area contributed by atoms with Crippen LogP contribution in [0.3, 0.4) is 0 Å². The average molecular weight is 414 g/mol. The third-order valence-electron chi connectivity index (χ3n) is 4.58. The summed E-state index contributed by atoms with van der Waals surface area (Å²) in [7, 11) is -2.20. The van der Waals surface area contributed by atoms with E-state index in [1.807, 2.05) is 23.1 Å². The van der Waals surface area contributed by atoms with E-state index in [4.69, 9.17) is 13.4 Å². The van der Waals surface area contributed by atoms with Crippen molar-refractivity contribution in [3.05, 3.63) is 59.0 Å². The highest BCUT2D eigenvalue weighted by atomic mass is 32.2. The van der Waals surface area contributed by atoms with Crippen molar-refractivity contribution in [3.8, 4) is 11.5 Å². The van der Waals surface area contributed by atoms with E-state index in [0.717, 1.165) is 5.69 Å². The van der Waals surface area contributed by atoms with Crippen LogP contribution in [-0.4, -0.2) is 37.3 Å². The topological polar surface area (TPSA) is 114 Å². The Balaban J connectivity index is 1.63. The number of anilines is 1. The lowest BCUT2D eigenvalue weighted by Gasteiger charge is -2.19. The minimum atomic E-state index is -3.98. The molecule has 0 saturated carbocycles. The lowest BCUT2D eigenvalue weighted by molar-refractivity contribution is 0.481. The molecule has 0 unspecified atom stereocenters. The summed E-state index contributed by atoms with van der Waals surface area (Å²) in [5.41, 5.74) is 2.07. The first-order chi connectivity index (χ1) is 13.8. The molecule has 1 N–H and O–H groups in total. The Bertz CT molecular complexity index is 1320. The minimum absolute atomic E-state index is 0.202. The van der Waals surface area contributed by atoms with Gasteiger partial charge in [-0.15, -0.1) is 0 Å². The molecule has 0 aliphatic heterocycles. The van der Waals surface area contributed by atoms with Crippen LogP contribution in [-0.2, 0) is 10.1 Å². The number of oxazole rings is 1. The first kappa shape index (κ1) is 19.2. The summed E-state index contributed by atoms with van der Waals surface area (Å²) in [6, 6.07) is 14.3. The number of fused-ring (bicyclic) bond motifs is 2. The van der Waals surface area contributed by atoms with Gasteiger partial charge in [-0.1, -0.05) is 12.1 Å². The van der Waals surface area contributed by atoms with E-state index in [0.29, 0.717) is 28.6 Å². The molecule has 2 aromatic carbocycles. The molecular formula is C20H18N2O6S. The molecule has 2 heterocycles. The maximum absolute atomic E-state index is 12.5. The fourth-order valence-electron chi connectivity index (χ4n) is 3.09. The van der Waals surface area contributed by atoms with Crippen LogP contribution in [0, 0.1) is 0 Å². The highest BCUT2D eigenvalue weighted by molar-refractivity contribution is 7.85. The number of aromatic nitrogens is 1. The second-order valence-electron chi connectivity index (χ2n) is 6.72. The first-order valence-electron chi connectivity index (χ1n) is 8.90. The molecule has 4 rings (SSSR count). The molecule has 0 aliphatic rings. The van der Waals surface area contributed by atoms with E-state index in [2.05, 4.69) is 4.98 Å². The molecule has 150 valence electrons. The van der Waals surface area contributed by atoms with E-state index < -0.39 is 15.7 Å². The number of nitrogens with zero attached hydrogens (tertiary/aromatic N) is 2. The molecule has 0 spiro atoms. The molecule has 0 aliphatic carbocycles. The summed E-state index contributed by atoms with van der Waals surface area (Å²) in [5, 5.41) is 0.706. The van der Waals surface area contributed by atoms with E-state index in [-0.39, 0.29) is 23.6 Å². The molecule has 0 saturated heterocycles. The Morgan fingerprint density at radius 3 is 2.62 bits per heavy atom. The van der Waals surface area contributed by atoms with Gasteiger partial charge < -0.3 is 13.7 Å². The molecule has 8 nitrogen and oxygen atoms in total. The second-order valence-corrected chi connectivity index (χ2v) is 8.29. The van der Waals surface area contributed by atoms with Crippen LogP contribution in [0.1, 0.15) is 6.42 Å². The van der Waals surface area contributed by atoms with Crippen LogP contribution in [0.4, 0.5) is 5.69 Å². The summed E-state index contributed by atoms with van der Waals surface area (Å²) in [6.07, 6.45) is 0.272. The predicted octanol–water partition coefficient (Wildman–Crippen LogP) is 3.32. The van der Waals surface area contributed by atoms with Crippen molar-refractivity contribution in [1.29, 1.82) is 0 Å². The zero-order valence-corrected chi connectivity index (χ0v) is 16.3. The predicted molar refractivity (Wildman–Crippen MR) is 110 cm³/mol. The maximum Gasteiger partial charge on any atom is 0.349 e. The quantitative estimate of drug-likeness (QED) is 0.378. The Morgan fingerprint density at radius 1 is 1.07 bits per heavy atom. The molecule has 0 fully saturated rings. The van der Waals surface area contributed by atoms with Gasteiger partial charge >= 0.3 is 5.63 Å². The van der Waals surface area contributed by atoms with Gasteiger partial charge in [0.1, 0.15) is 16.7 Å². The Kier molecular flexibility index (Phi) is 4.85. The van der Waals surface area contributed by atoms with E-state index in [1.54, 1.807) is 37.4 Å². The molecular weight excluding hydrogens is 396 g/mol. The smallest absolute Gasteiger partial charge is 0.349 e. The molecule has 4 aromatic rings. The summed E-state index contributed by atoms with van der Waals surface area (Å²) in [5.74, 6) is -0.110. The summed E-state index contributed by atoms with van der Waals surface area (Å²) in [6.45, 7) is 0.413. The number of benzene rings is 2. The average Bonchev–Trinajstić information content (AvgIpc) is 3.09. The van der Waals surface area contributed by atoms with E-state index in [1.165, 1.54) is 0 Å². The van der Waals surface area contributed by atoms with Gasteiger partial charge in [-0.3, -0.25) is 4.55 Å². The number of hydrogen-bond acceptors (Lipinski definition) is 7. The molecule has 0 atom stereocenters. The van der Waals surface area contributed by atoms with Crippen LogP contribution >= 0.6 is 0 Å². The van der Waals surface area contributed by atoms with Crippen LogP contribution in [0.2, 0.25) is 0 Å². The standard InChI is InChI=1S/C20H18N2O6S/c1-22(9-4-10-29(24,25)26)14-8-7-13-11-15(20(23)28-18(13)12-14)19-21-16-5-2-3-6-17(16)27-19/h2-3,5-8,11-12H,4,9-10H2,1H3,(H,24,25,26). The monoisotopic (exact) mass is 414 g/mol. The van der Waals surface area contributed by atoms with Crippen LogP contribution < -0.4 is 10.5 Å². The van der Waals surface area contributed by atoms with Crippen molar-refractivity contribution in [2.45, 2.75) is 6.42 Å². The zero-order chi connectivity index (χ0) is 20.6. The van der Waals surface area contributed by atoms with Gasteiger partial charge in [0.15, 0.2) is 5.58 Å². The number of hydrogen-bond donors (Lipinski definition) is 1. The molecule has 0 radical (unpaired) electrons. The van der Waals surface area contributed by atoms with Crippen molar-refractivity contribution >= 4 is 37.9 Å². The van der Waals surface area contributed by atoms with Crippen molar-refractivity contribution in [2.24, 2.45) is 0 Å². The first-order valence-corrected chi connectivity index (χ1v) is 10.5. The Morgan fingerprint density at radius 2 is 1.86 bits per heavy atom. The molecule has 2 aromatic heterocycles. The summed E-state index contributed by atoms with van der Waals surface area (Å²) < 4.78 is 41.7. The largest absolute Gasteiger partial charge is 0.436 e. The normalized spacial score (nSPS) is 11.9. The van der Waals surface area contributed by atoms with Gasteiger partial charge in [0.25, 0.3) is 10.1 Å². The van der Waals surface area contributed by atoms with Crippen molar-refractivity contribution in [3.63, 3.8) is 0 Å². The molecule has 0 bridgehead atoms. The Hall–Kier alpha value is -3.17. The molecule has 0 amide bonds. The lowest BCUT2D eigenvalue weighted by Crippen LogP contribution is -2.21. The fraction of sp³-hybridized carbons (Fsp3) is 0.200. The van der Waals surface area contributed by atoms with Crippen molar-refractivity contribution < 1.29 is 21.8 Å². The highest BCUT2D eigenvalue weighted by Gasteiger charge is 2.15. The van der Waals surface area contributed by atoms with Gasteiger partial charge in [-0.2, -0.15) is 8.42 Å². The third kappa shape index (κ3) is 4.15. The van der Waals surface area contributed by atoms with Crippen molar-refractivity contribution in [1.82, 2.24) is 4.98 Å². The minimum Gasteiger partial charge on any atom is -0.436 e. The van der Waals surface area contributed by atoms with Gasteiger partial charge in [0.2, 0.25) is 5.89 Å². The van der Waals surface area contributed by atoms with Crippen molar-refractivity contribution in [2.75, 3.05) is 24.2 Å². The van der Waals surface area contributed by atoms with Gasteiger partial charge in [-0.25, -0.2) is 9.78 Å². The number of rotatable bonds is 6. The van der Waals surface area contributed by atoms with Gasteiger partial charge in [0.05, 0.1) is 5.75 Å². The number of para-hydroxylation sites is 2. The fourth-order valence-corrected chi connectivity index (χ4v) is 3.58. The maximum atomic E-state index is 12.5. The summed E-state index contributed by atoms with van der Waals surface area (Å²) in [4.78, 5) is 18.7. The van der Waals surface area contributed by atoms with E-state index in [9.17, 15) is 13.2 Å². The molecule has 29 heavy (non-hydrogen) atoms.